The van der Waals surface area contributed by atoms with Crippen LogP contribution in [0.25, 0.3) is 0 Å². The van der Waals surface area contributed by atoms with E-state index in [1.54, 1.807) is 6.92 Å². The lowest BCUT2D eigenvalue weighted by Crippen LogP contribution is -2.01. The molecule has 0 spiro atoms. The predicted octanol–water partition coefficient (Wildman–Crippen LogP) is 1.89. The average Bonchev–Trinajstić information content (AvgIpc) is 2.16. The van der Waals surface area contributed by atoms with Gasteiger partial charge in [-0.05, 0) is 0 Å². The minimum Gasteiger partial charge on any atom is -0.431 e. The molecule has 2 unspecified atom stereocenters. The Kier molecular flexibility index (Phi) is 4.00. The quantitative estimate of drug-likeness (QED) is 0.490. The zero-order chi connectivity index (χ0) is 8.15. The number of ether oxygens (including phenoxy) is 1. The van der Waals surface area contributed by atoms with Gasteiger partial charge in [-0.2, -0.15) is 0 Å². The predicted molar refractivity (Wildman–Crippen MR) is 36.1 cm³/mol. The molecule has 1 saturated heterocycles. The van der Waals surface area contributed by atoms with E-state index in [1.807, 2.05) is 13.8 Å². The SMILES string of the molecule is CC.CC1CC(F)OC1=O. The van der Waals surface area contributed by atoms with Crippen LogP contribution in [0.4, 0.5) is 4.39 Å². The molecule has 1 fully saturated rings. The largest absolute Gasteiger partial charge is 0.431 e. The van der Waals surface area contributed by atoms with Crippen LogP contribution in [0.5, 0.6) is 0 Å². The van der Waals surface area contributed by atoms with Crippen LogP contribution in [0.1, 0.15) is 27.2 Å². The van der Waals surface area contributed by atoms with Crippen molar-refractivity contribution >= 4 is 5.97 Å². The Hall–Kier alpha value is -0.600. The number of cyclic esters (lactones) is 1. The van der Waals surface area contributed by atoms with Gasteiger partial charge < -0.3 is 4.74 Å². The molecule has 0 aromatic rings. The fraction of sp³-hybridized carbons (Fsp3) is 0.857. The van der Waals surface area contributed by atoms with Crippen LogP contribution in [-0.2, 0) is 9.53 Å². The van der Waals surface area contributed by atoms with Crippen molar-refractivity contribution in [2.45, 2.75) is 33.5 Å². The molecule has 1 heterocycles. The van der Waals surface area contributed by atoms with Gasteiger partial charge in [0.2, 0.25) is 6.36 Å². The molecule has 60 valence electrons. The summed E-state index contributed by atoms with van der Waals surface area (Å²) >= 11 is 0. The van der Waals surface area contributed by atoms with Crippen molar-refractivity contribution in [1.29, 1.82) is 0 Å². The van der Waals surface area contributed by atoms with Gasteiger partial charge in [-0.15, -0.1) is 0 Å². The first-order valence-electron chi connectivity index (χ1n) is 3.54. The molecule has 1 aliphatic heterocycles. The van der Waals surface area contributed by atoms with Gasteiger partial charge in [-0.25, -0.2) is 4.39 Å². The number of carbonyl (C=O) groups is 1. The van der Waals surface area contributed by atoms with E-state index in [9.17, 15) is 9.18 Å². The van der Waals surface area contributed by atoms with E-state index in [-0.39, 0.29) is 12.3 Å². The third-order valence-electron chi connectivity index (χ3n) is 1.19. The number of rotatable bonds is 0. The number of hydrogen-bond donors (Lipinski definition) is 0. The minimum absolute atomic E-state index is 0.221. The first kappa shape index (κ1) is 9.40. The highest BCUT2D eigenvalue weighted by molar-refractivity contribution is 5.73. The number of hydrogen-bond acceptors (Lipinski definition) is 2. The van der Waals surface area contributed by atoms with E-state index in [4.69, 9.17) is 0 Å². The Morgan fingerprint density at radius 2 is 2.10 bits per heavy atom. The second-order valence-corrected chi connectivity index (χ2v) is 1.98. The van der Waals surface area contributed by atoms with Crippen molar-refractivity contribution in [3.05, 3.63) is 0 Å². The van der Waals surface area contributed by atoms with E-state index in [0.29, 0.717) is 0 Å². The Morgan fingerprint density at radius 1 is 1.60 bits per heavy atom. The summed E-state index contributed by atoms with van der Waals surface area (Å²) in [5, 5.41) is 0. The van der Waals surface area contributed by atoms with Crippen molar-refractivity contribution in [2.24, 2.45) is 5.92 Å². The Balaban J connectivity index is 0.000000371. The normalized spacial score (nSPS) is 30.6. The highest BCUT2D eigenvalue weighted by atomic mass is 19.1. The first-order chi connectivity index (χ1) is 4.70. The number of alkyl halides is 1. The van der Waals surface area contributed by atoms with Crippen LogP contribution in [0.15, 0.2) is 0 Å². The third kappa shape index (κ3) is 2.33. The van der Waals surface area contributed by atoms with Crippen LogP contribution in [0, 0.1) is 5.92 Å². The topological polar surface area (TPSA) is 26.3 Å². The Morgan fingerprint density at radius 3 is 2.20 bits per heavy atom. The highest BCUT2D eigenvalue weighted by Gasteiger charge is 2.30. The zero-order valence-corrected chi connectivity index (χ0v) is 6.56. The van der Waals surface area contributed by atoms with Gasteiger partial charge in [0, 0.05) is 6.42 Å². The molecule has 0 N–H and O–H groups in total. The van der Waals surface area contributed by atoms with Crippen molar-refractivity contribution in [1.82, 2.24) is 0 Å². The number of carbonyl (C=O) groups excluding carboxylic acids is 1. The summed E-state index contributed by atoms with van der Waals surface area (Å²) in [4.78, 5) is 10.3. The maximum atomic E-state index is 12.0. The molecule has 0 amide bonds. The second kappa shape index (κ2) is 4.25. The van der Waals surface area contributed by atoms with E-state index < -0.39 is 12.3 Å². The van der Waals surface area contributed by atoms with Crippen molar-refractivity contribution < 1.29 is 13.9 Å². The van der Waals surface area contributed by atoms with Crippen LogP contribution >= 0.6 is 0 Å². The number of esters is 1. The van der Waals surface area contributed by atoms with Crippen LogP contribution in [0.2, 0.25) is 0 Å². The summed E-state index contributed by atoms with van der Waals surface area (Å²) in [5.74, 6) is -0.664. The van der Waals surface area contributed by atoms with Gasteiger partial charge in [0.15, 0.2) is 0 Å². The zero-order valence-electron chi connectivity index (χ0n) is 6.56. The average molecular weight is 148 g/mol. The van der Waals surface area contributed by atoms with Crippen LogP contribution in [-0.4, -0.2) is 12.3 Å². The third-order valence-corrected chi connectivity index (χ3v) is 1.19. The van der Waals surface area contributed by atoms with Gasteiger partial charge in [-0.1, -0.05) is 20.8 Å². The molecule has 3 heteroatoms. The van der Waals surface area contributed by atoms with Gasteiger partial charge in [0.1, 0.15) is 0 Å². The molecule has 0 aliphatic carbocycles. The van der Waals surface area contributed by atoms with E-state index >= 15 is 0 Å². The fourth-order valence-corrected chi connectivity index (χ4v) is 0.664. The van der Waals surface area contributed by atoms with Crippen molar-refractivity contribution in [2.75, 3.05) is 0 Å². The Labute approximate surface area is 60.4 Å². The second-order valence-electron chi connectivity index (χ2n) is 1.98. The van der Waals surface area contributed by atoms with Gasteiger partial charge in [-0.3, -0.25) is 4.79 Å². The highest BCUT2D eigenvalue weighted by Crippen LogP contribution is 2.20. The lowest BCUT2D eigenvalue weighted by molar-refractivity contribution is -0.148. The molecule has 1 rings (SSSR count). The number of halogens is 1. The smallest absolute Gasteiger partial charge is 0.311 e. The standard InChI is InChI=1S/C5H7FO2.C2H6/c1-3-2-4(6)8-5(3)7;1-2/h3-4H,2H2,1H3;1-2H3. The van der Waals surface area contributed by atoms with Gasteiger partial charge in [0.05, 0.1) is 5.92 Å². The summed E-state index contributed by atoms with van der Waals surface area (Å²) in [6.07, 6.45) is -1.13. The molecule has 10 heavy (non-hydrogen) atoms. The van der Waals surface area contributed by atoms with E-state index in [0.717, 1.165) is 0 Å². The van der Waals surface area contributed by atoms with E-state index in [1.165, 1.54) is 0 Å². The van der Waals surface area contributed by atoms with E-state index in [2.05, 4.69) is 4.74 Å². The van der Waals surface area contributed by atoms with Crippen LogP contribution < -0.4 is 0 Å². The van der Waals surface area contributed by atoms with Crippen molar-refractivity contribution in [3.63, 3.8) is 0 Å². The molecule has 0 radical (unpaired) electrons. The molecule has 0 aromatic heterocycles. The summed E-state index contributed by atoms with van der Waals surface area (Å²) in [5.41, 5.74) is 0. The molecule has 0 bridgehead atoms. The first-order valence-corrected chi connectivity index (χ1v) is 3.54. The van der Waals surface area contributed by atoms with Gasteiger partial charge in [0.25, 0.3) is 0 Å². The monoisotopic (exact) mass is 148 g/mol. The summed E-state index contributed by atoms with van der Waals surface area (Å²) in [7, 11) is 0. The summed E-state index contributed by atoms with van der Waals surface area (Å²) in [6, 6.07) is 0. The molecule has 2 atom stereocenters. The van der Waals surface area contributed by atoms with Gasteiger partial charge >= 0.3 is 5.97 Å². The fourth-order valence-electron chi connectivity index (χ4n) is 0.664. The van der Waals surface area contributed by atoms with Crippen molar-refractivity contribution in [3.8, 4) is 0 Å². The molecule has 2 nitrogen and oxygen atoms in total. The summed E-state index contributed by atoms with van der Waals surface area (Å²) < 4.78 is 16.1. The Bertz CT molecular complexity index is 114. The molecular formula is C7H13FO2. The maximum Gasteiger partial charge on any atom is 0.311 e. The lowest BCUT2D eigenvalue weighted by Gasteiger charge is -1.91. The summed E-state index contributed by atoms with van der Waals surface area (Å²) in [6.45, 7) is 5.65. The maximum absolute atomic E-state index is 12.0. The molecule has 1 aliphatic rings. The lowest BCUT2D eigenvalue weighted by atomic mass is 10.1. The minimum atomic E-state index is -1.35. The molecule has 0 aromatic carbocycles. The van der Waals surface area contributed by atoms with Crippen LogP contribution in [0.3, 0.4) is 0 Å². The molecular weight excluding hydrogens is 135 g/mol. The molecule has 0 saturated carbocycles.